The van der Waals surface area contributed by atoms with E-state index in [2.05, 4.69) is 4.90 Å². The summed E-state index contributed by atoms with van der Waals surface area (Å²) in [6, 6.07) is 0.241. The molecule has 0 aromatic rings. The SMILES string of the molecule is CC(CO)N(C)CC1CCCCO1. The number of nitrogens with zero attached hydrogens (tertiary/aromatic N) is 1. The fourth-order valence-electron chi connectivity index (χ4n) is 1.59. The summed E-state index contributed by atoms with van der Waals surface area (Å²) in [4.78, 5) is 2.16. The van der Waals surface area contributed by atoms with E-state index in [1.54, 1.807) is 0 Å². The Bertz CT molecular complexity index is 135. The van der Waals surface area contributed by atoms with Crippen molar-refractivity contribution in [3.05, 3.63) is 0 Å². The van der Waals surface area contributed by atoms with Crippen molar-refractivity contribution in [2.45, 2.75) is 38.3 Å². The van der Waals surface area contributed by atoms with E-state index >= 15 is 0 Å². The summed E-state index contributed by atoms with van der Waals surface area (Å²) in [5.74, 6) is 0. The van der Waals surface area contributed by atoms with Crippen LogP contribution in [0.2, 0.25) is 0 Å². The molecule has 0 aromatic heterocycles. The van der Waals surface area contributed by atoms with Gasteiger partial charge in [0.1, 0.15) is 0 Å². The van der Waals surface area contributed by atoms with E-state index in [4.69, 9.17) is 9.84 Å². The molecule has 1 aliphatic heterocycles. The van der Waals surface area contributed by atoms with E-state index in [0.29, 0.717) is 6.10 Å². The second-order valence-corrected chi connectivity index (χ2v) is 3.96. The predicted molar refractivity (Wildman–Crippen MR) is 52.8 cm³/mol. The van der Waals surface area contributed by atoms with Gasteiger partial charge in [-0.1, -0.05) is 0 Å². The van der Waals surface area contributed by atoms with E-state index in [-0.39, 0.29) is 12.6 Å². The van der Waals surface area contributed by atoms with Gasteiger partial charge in [-0.05, 0) is 33.2 Å². The Morgan fingerprint density at radius 2 is 2.31 bits per heavy atom. The molecule has 78 valence electrons. The minimum absolute atomic E-state index is 0.225. The molecule has 0 amide bonds. The topological polar surface area (TPSA) is 32.7 Å². The molecule has 2 unspecified atom stereocenters. The number of ether oxygens (including phenoxy) is 1. The van der Waals surface area contributed by atoms with Gasteiger partial charge in [0.15, 0.2) is 0 Å². The molecule has 2 atom stereocenters. The first-order valence-electron chi connectivity index (χ1n) is 5.16. The average molecular weight is 187 g/mol. The first-order valence-corrected chi connectivity index (χ1v) is 5.16. The maximum Gasteiger partial charge on any atom is 0.0702 e. The lowest BCUT2D eigenvalue weighted by Gasteiger charge is -2.30. The quantitative estimate of drug-likeness (QED) is 0.709. The smallest absolute Gasteiger partial charge is 0.0702 e. The molecule has 13 heavy (non-hydrogen) atoms. The Morgan fingerprint density at radius 3 is 2.85 bits per heavy atom. The highest BCUT2D eigenvalue weighted by Gasteiger charge is 2.17. The van der Waals surface area contributed by atoms with Crippen LogP contribution in [-0.4, -0.2) is 49.0 Å². The molecule has 0 radical (unpaired) electrons. The van der Waals surface area contributed by atoms with Crippen LogP contribution in [0.15, 0.2) is 0 Å². The van der Waals surface area contributed by atoms with Crippen molar-refractivity contribution < 1.29 is 9.84 Å². The predicted octanol–water partition coefficient (Wildman–Crippen LogP) is 0.868. The lowest BCUT2D eigenvalue weighted by Crippen LogP contribution is -2.39. The summed E-state index contributed by atoms with van der Waals surface area (Å²) in [6.45, 7) is 4.11. The third kappa shape index (κ3) is 3.63. The lowest BCUT2D eigenvalue weighted by atomic mass is 10.1. The molecule has 0 saturated carbocycles. The van der Waals surface area contributed by atoms with Gasteiger partial charge in [-0.3, -0.25) is 4.90 Å². The zero-order valence-corrected chi connectivity index (χ0v) is 8.70. The molecule has 3 heteroatoms. The number of aliphatic hydroxyl groups excluding tert-OH is 1. The van der Waals surface area contributed by atoms with Crippen LogP contribution in [0.1, 0.15) is 26.2 Å². The third-order valence-corrected chi connectivity index (χ3v) is 2.78. The minimum atomic E-state index is 0.225. The number of likely N-dealkylation sites (N-methyl/N-ethyl adjacent to an activating group) is 1. The molecule has 0 bridgehead atoms. The fourth-order valence-corrected chi connectivity index (χ4v) is 1.59. The van der Waals surface area contributed by atoms with Crippen molar-refractivity contribution >= 4 is 0 Å². The number of rotatable bonds is 4. The number of hydrogen-bond donors (Lipinski definition) is 1. The highest BCUT2D eigenvalue weighted by molar-refractivity contribution is 4.70. The van der Waals surface area contributed by atoms with Gasteiger partial charge in [-0.25, -0.2) is 0 Å². The molecule has 1 saturated heterocycles. The summed E-state index contributed by atoms with van der Waals surface area (Å²) >= 11 is 0. The van der Waals surface area contributed by atoms with Crippen LogP contribution in [0.5, 0.6) is 0 Å². The van der Waals surface area contributed by atoms with E-state index in [1.807, 2.05) is 14.0 Å². The Morgan fingerprint density at radius 1 is 1.54 bits per heavy atom. The molecule has 0 aliphatic carbocycles. The van der Waals surface area contributed by atoms with Crippen LogP contribution in [-0.2, 0) is 4.74 Å². The van der Waals surface area contributed by atoms with Gasteiger partial charge in [-0.2, -0.15) is 0 Å². The molecule has 0 aromatic carbocycles. The highest BCUT2D eigenvalue weighted by atomic mass is 16.5. The minimum Gasteiger partial charge on any atom is -0.395 e. The van der Waals surface area contributed by atoms with E-state index in [1.165, 1.54) is 19.3 Å². The van der Waals surface area contributed by atoms with E-state index in [9.17, 15) is 0 Å². The van der Waals surface area contributed by atoms with Crippen LogP contribution >= 0.6 is 0 Å². The second kappa shape index (κ2) is 5.58. The summed E-state index contributed by atoms with van der Waals surface area (Å²) in [5, 5.41) is 8.95. The highest BCUT2D eigenvalue weighted by Crippen LogP contribution is 2.13. The maximum absolute atomic E-state index is 8.95. The Balaban J connectivity index is 2.21. The Kier molecular flexibility index (Phi) is 4.70. The van der Waals surface area contributed by atoms with Gasteiger partial charge in [0, 0.05) is 19.2 Å². The van der Waals surface area contributed by atoms with Gasteiger partial charge in [0.2, 0.25) is 0 Å². The summed E-state index contributed by atoms with van der Waals surface area (Å²) < 4.78 is 5.62. The van der Waals surface area contributed by atoms with Crippen LogP contribution < -0.4 is 0 Å². The normalized spacial score (nSPS) is 26.3. The maximum atomic E-state index is 8.95. The number of hydrogen-bond acceptors (Lipinski definition) is 3. The summed E-state index contributed by atoms with van der Waals surface area (Å²) in [6.07, 6.45) is 4.04. The second-order valence-electron chi connectivity index (χ2n) is 3.96. The van der Waals surface area contributed by atoms with Gasteiger partial charge in [0.05, 0.1) is 12.7 Å². The van der Waals surface area contributed by atoms with Gasteiger partial charge >= 0.3 is 0 Å². The Labute approximate surface area is 80.7 Å². The van der Waals surface area contributed by atoms with Crippen molar-refractivity contribution in [2.75, 3.05) is 26.8 Å². The molecule has 1 fully saturated rings. The molecule has 0 spiro atoms. The third-order valence-electron chi connectivity index (χ3n) is 2.78. The molecule has 1 N–H and O–H groups in total. The summed E-state index contributed by atoms with van der Waals surface area (Å²) in [5.41, 5.74) is 0. The van der Waals surface area contributed by atoms with Gasteiger partial charge < -0.3 is 9.84 Å². The fraction of sp³-hybridized carbons (Fsp3) is 1.00. The average Bonchev–Trinajstić information content (AvgIpc) is 2.18. The van der Waals surface area contributed by atoms with E-state index < -0.39 is 0 Å². The standard InChI is InChI=1S/C10H21NO2/c1-9(8-12)11(2)7-10-5-3-4-6-13-10/h9-10,12H,3-8H2,1-2H3. The van der Waals surface area contributed by atoms with Crippen LogP contribution in [0.25, 0.3) is 0 Å². The van der Waals surface area contributed by atoms with Gasteiger partial charge in [-0.15, -0.1) is 0 Å². The van der Waals surface area contributed by atoms with Crippen molar-refractivity contribution in [1.29, 1.82) is 0 Å². The molecule has 1 aliphatic rings. The molecular formula is C10H21NO2. The molecule has 1 heterocycles. The monoisotopic (exact) mass is 187 g/mol. The van der Waals surface area contributed by atoms with Crippen molar-refractivity contribution in [2.24, 2.45) is 0 Å². The lowest BCUT2D eigenvalue weighted by molar-refractivity contribution is -0.0108. The van der Waals surface area contributed by atoms with Crippen molar-refractivity contribution in [3.8, 4) is 0 Å². The zero-order valence-electron chi connectivity index (χ0n) is 8.70. The largest absolute Gasteiger partial charge is 0.395 e. The molecule has 1 rings (SSSR count). The van der Waals surface area contributed by atoms with Crippen LogP contribution in [0.4, 0.5) is 0 Å². The van der Waals surface area contributed by atoms with E-state index in [0.717, 1.165) is 13.2 Å². The van der Waals surface area contributed by atoms with Crippen molar-refractivity contribution in [1.82, 2.24) is 4.90 Å². The number of aliphatic hydroxyl groups is 1. The molecular weight excluding hydrogens is 166 g/mol. The summed E-state index contributed by atoms with van der Waals surface area (Å²) in [7, 11) is 2.04. The van der Waals surface area contributed by atoms with Crippen LogP contribution in [0.3, 0.4) is 0 Å². The first kappa shape index (κ1) is 11.0. The zero-order chi connectivity index (χ0) is 9.68. The van der Waals surface area contributed by atoms with Gasteiger partial charge in [0.25, 0.3) is 0 Å². The molecule has 3 nitrogen and oxygen atoms in total. The Hall–Kier alpha value is -0.120. The van der Waals surface area contributed by atoms with Crippen LogP contribution in [0, 0.1) is 0 Å². The van der Waals surface area contributed by atoms with Crippen molar-refractivity contribution in [3.63, 3.8) is 0 Å². The first-order chi connectivity index (χ1) is 6.24.